The van der Waals surface area contributed by atoms with Gasteiger partial charge in [0.05, 0.1) is 12.3 Å². The fourth-order valence-electron chi connectivity index (χ4n) is 2.52. The zero-order valence-electron chi connectivity index (χ0n) is 14.0. The van der Waals surface area contributed by atoms with Crippen LogP contribution in [0.4, 0.5) is 0 Å². The Hall–Kier alpha value is -3.08. The van der Waals surface area contributed by atoms with Crippen LogP contribution in [-0.2, 0) is 11.3 Å². The number of benzene rings is 2. The van der Waals surface area contributed by atoms with E-state index >= 15 is 0 Å². The molecule has 0 fully saturated rings. The molecule has 0 saturated carbocycles. The van der Waals surface area contributed by atoms with Crippen molar-refractivity contribution in [2.24, 2.45) is 0 Å². The van der Waals surface area contributed by atoms with Crippen molar-refractivity contribution in [2.75, 3.05) is 6.61 Å². The molecule has 0 spiro atoms. The van der Waals surface area contributed by atoms with Crippen LogP contribution in [0.25, 0.3) is 5.69 Å². The number of carbonyl (C=O) groups is 1. The second kappa shape index (κ2) is 8.68. The summed E-state index contributed by atoms with van der Waals surface area (Å²) in [7, 11) is 0. The van der Waals surface area contributed by atoms with E-state index in [4.69, 9.17) is 4.74 Å². The number of hydrogen-bond donors (Lipinski definition) is 1. The predicted octanol–water partition coefficient (Wildman–Crippen LogP) is 3.35. The maximum Gasteiger partial charge on any atom is 0.220 e. The molecular formula is C20H21N3O2. The van der Waals surface area contributed by atoms with Gasteiger partial charge < -0.3 is 10.1 Å². The van der Waals surface area contributed by atoms with Crippen molar-refractivity contribution in [3.8, 4) is 11.4 Å². The van der Waals surface area contributed by atoms with Crippen LogP contribution in [0.2, 0.25) is 0 Å². The Balaban J connectivity index is 1.44. The molecule has 128 valence electrons. The molecule has 1 heterocycles. The van der Waals surface area contributed by atoms with Gasteiger partial charge in [-0.3, -0.25) is 4.79 Å². The lowest BCUT2D eigenvalue weighted by molar-refractivity contribution is -0.121. The van der Waals surface area contributed by atoms with Gasteiger partial charge in [-0.1, -0.05) is 36.4 Å². The monoisotopic (exact) mass is 335 g/mol. The fraction of sp³-hybridized carbons (Fsp3) is 0.200. The molecule has 0 unspecified atom stereocenters. The molecule has 0 aliphatic carbocycles. The number of para-hydroxylation sites is 2. The maximum atomic E-state index is 12.0. The third-order valence-electron chi connectivity index (χ3n) is 3.78. The van der Waals surface area contributed by atoms with Crippen LogP contribution in [0.1, 0.15) is 18.4 Å². The molecule has 1 amide bonds. The molecule has 0 atom stereocenters. The molecule has 25 heavy (non-hydrogen) atoms. The number of carbonyl (C=O) groups excluding carboxylic acids is 1. The lowest BCUT2D eigenvalue weighted by atomic mass is 10.1. The molecule has 0 aliphatic heterocycles. The number of hydrogen-bond acceptors (Lipinski definition) is 3. The van der Waals surface area contributed by atoms with E-state index in [-0.39, 0.29) is 5.91 Å². The Kier molecular flexibility index (Phi) is 5.82. The first kappa shape index (κ1) is 16.8. The van der Waals surface area contributed by atoms with E-state index in [9.17, 15) is 4.79 Å². The molecular weight excluding hydrogens is 314 g/mol. The van der Waals surface area contributed by atoms with Gasteiger partial charge in [-0.05, 0) is 36.2 Å². The van der Waals surface area contributed by atoms with Crippen molar-refractivity contribution in [2.45, 2.75) is 19.4 Å². The summed E-state index contributed by atoms with van der Waals surface area (Å²) < 4.78 is 7.40. The molecule has 0 saturated heterocycles. The second-order valence-electron chi connectivity index (χ2n) is 5.62. The summed E-state index contributed by atoms with van der Waals surface area (Å²) in [5, 5.41) is 7.22. The first-order valence-electron chi connectivity index (χ1n) is 8.35. The topological polar surface area (TPSA) is 56.1 Å². The lowest BCUT2D eigenvalue weighted by Crippen LogP contribution is -2.23. The van der Waals surface area contributed by atoms with Crippen molar-refractivity contribution in [1.82, 2.24) is 15.1 Å². The highest BCUT2D eigenvalue weighted by atomic mass is 16.5. The smallest absolute Gasteiger partial charge is 0.220 e. The zero-order chi connectivity index (χ0) is 17.3. The Morgan fingerprint density at radius 3 is 2.64 bits per heavy atom. The molecule has 5 nitrogen and oxygen atoms in total. The van der Waals surface area contributed by atoms with E-state index in [1.54, 1.807) is 10.9 Å². The first-order chi connectivity index (χ1) is 12.3. The van der Waals surface area contributed by atoms with Gasteiger partial charge in [0.15, 0.2) is 0 Å². The number of aromatic nitrogens is 2. The number of rotatable bonds is 8. The maximum absolute atomic E-state index is 12.0. The van der Waals surface area contributed by atoms with Crippen LogP contribution < -0.4 is 10.1 Å². The van der Waals surface area contributed by atoms with Gasteiger partial charge in [0, 0.05) is 25.4 Å². The fourth-order valence-corrected chi connectivity index (χ4v) is 2.52. The number of nitrogens with one attached hydrogen (secondary N) is 1. The number of amides is 1. The highest BCUT2D eigenvalue weighted by molar-refractivity contribution is 5.75. The summed E-state index contributed by atoms with van der Waals surface area (Å²) in [5.74, 6) is 0.850. The second-order valence-corrected chi connectivity index (χ2v) is 5.62. The Bertz CT molecular complexity index is 786. The van der Waals surface area contributed by atoms with E-state index in [0.29, 0.717) is 26.0 Å². The van der Waals surface area contributed by atoms with Gasteiger partial charge in [-0.2, -0.15) is 5.10 Å². The van der Waals surface area contributed by atoms with Crippen LogP contribution in [0, 0.1) is 0 Å². The summed E-state index contributed by atoms with van der Waals surface area (Å²) in [5.41, 5.74) is 2.00. The van der Waals surface area contributed by atoms with Crippen molar-refractivity contribution in [3.05, 3.63) is 78.6 Å². The predicted molar refractivity (Wildman–Crippen MR) is 96.6 cm³/mol. The zero-order valence-corrected chi connectivity index (χ0v) is 14.0. The van der Waals surface area contributed by atoms with Crippen LogP contribution in [0.3, 0.4) is 0 Å². The molecule has 5 heteroatoms. The molecule has 0 bridgehead atoms. The minimum atomic E-state index is 0.0203. The normalized spacial score (nSPS) is 10.4. The molecule has 3 rings (SSSR count). The van der Waals surface area contributed by atoms with Gasteiger partial charge in [-0.15, -0.1) is 0 Å². The number of nitrogens with zero attached hydrogens (tertiary/aromatic N) is 2. The third kappa shape index (κ3) is 4.94. The Morgan fingerprint density at radius 1 is 1.04 bits per heavy atom. The van der Waals surface area contributed by atoms with Gasteiger partial charge >= 0.3 is 0 Å². The van der Waals surface area contributed by atoms with E-state index in [1.165, 1.54) is 0 Å². The van der Waals surface area contributed by atoms with E-state index in [1.807, 2.05) is 66.9 Å². The lowest BCUT2D eigenvalue weighted by Gasteiger charge is -2.11. The van der Waals surface area contributed by atoms with Crippen molar-refractivity contribution in [3.63, 3.8) is 0 Å². The quantitative estimate of drug-likeness (QED) is 0.642. The Labute approximate surface area is 147 Å². The van der Waals surface area contributed by atoms with Crippen LogP contribution in [0.5, 0.6) is 5.75 Å². The van der Waals surface area contributed by atoms with Gasteiger partial charge in [0.1, 0.15) is 5.75 Å². The highest BCUT2D eigenvalue weighted by Gasteiger charge is 2.06. The average Bonchev–Trinajstić information content (AvgIpc) is 3.19. The van der Waals surface area contributed by atoms with Crippen LogP contribution in [0.15, 0.2) is 73.1 Å². The van der Waals surface area contributed by atoms with Crippen molar-refractivity contribution in [1.29, 1.82) is 0 Å². The molecule has 2 aromatic carbocycles. The van der Waals surface area contributed by atoms with E-state index < -0.39 is 0 Å². The summed E-state index contributed by atoms with van der Waals surface area (Å²) in [6.45, 7) is 1.01. The summed E-state index contributed by atoms with van der Waals surface area (Å²) in [6, 6.07) is 19.4. The third-order valence-corrected chi connectivity index (χ3v) is 3.78. The standard InChI is InChI=1S/C20H21N3O2/c24-20(12-6-15-25-18-9-2-1-3-10-18)21-16-17-8-4-5-11-19(17)23-14-7-13-22-23/h1-5,7-11,13-14H,6,12,15-16H2,(H,21,24). The van der Waals surface area contributed by atoms with Gasteiger partial charge in [0.2, 0.25) is 5.91 Å². The molecule has 1 N–H and O–H groups in total. The number of ether oxygens (including phenoxy) is 1. The Morgan fingerprint density at radius 2 is 1.84 bits per heavy atom. The van der Waals surface area contributed by atoms with E-state index in [0.717, 1.165) is 17.0 Å². The molecule has 0 radical (unpaired) electrons. The van der Waals surface area contributed by atoms with Crippen molar-refractivity contribution < 1.29 is 9.53 Å². The summed E-state index contributed by atoms with van der Waals surface area (Å²) in [4.78, 5) is 12.0. The minimum Gasteiger partial charge on any atom is -0.494 e. The molecule has 1 aromatic heterocycles. The first-order valence-corrected chi connectivity index (χ1v) is 8.35. The minimum absolute atomic E-state index is 0.0203. The summed E-state index contributed by atoms with van der Waals surface area (Å²) >= 11 is 0. The SMILES string of the molecule is O=C(CCCOc1ccccc1)NCc1ccccc1-n1cccn1. The van der Waals surface area contributed by atoms with Gasteiger partial charge in [-0.25, -0.2) is 4.68 Å². The van der Waals surface area contributed by atoms with Crippen LogP contribution in [-0.4, -0.2) is 22.3 Å². The van der Waals surface area contributed by atoms with E-state index in [2.05, 4.69) is 10.4 Å². The molecule has 3 aromatic rings. The highest BCUT2D eigenvalue weighted by Crippen LogP contribution is 2.13. The van der Waals surface area contributed by atoms with Crippen LogP contribution >= 0.6 is 0 Å². The molecule has 0 aliphatic rings. The van der Waals surface area contributed by atoms with Crippen molar-refractivity contribution >= 4 is 5.91 Å². The summed E-state index contributed by atoms with van der Waals surface area (Å²) in [6.07, 6.45) is 4.75. The largest absolute Gasteiger partial charge is 0.494 e. The average molecular weight is 335 g/mol. The van der Waals surface area contributed by atoms with Gasteiger partial charge in [0.25, 0.3) is 0 Å².